The van der Waals surface area contributed by atoms with Crippen molar-refractivity contribution in [1.29, 1.82) is 0 Å². The Hall–Kier alpha value is -3.57. The van der Waals surface area contributed by atoms with Crippen LogP contribution in [0.15, 0.2) is 53.5 Å². The summed E-state index contributed by atoms with van der Waals surface area (Å²) in [7, 11) is 0. The maximum absolute atomic E-state index is 13.6. The zero-order valence-electron chi connectivity index (χ0n) is 24.0. The molecule has 0 saturated heterocycles. The first-order chi connectivity index (χ1) is 19.2. The lowest BCUT2D eigenvalue weighted by atomic mass is 9.75. The highest BCUT2D eigenvalue weighted by Crippen LogP contribution is 2.46. The Kier molecular flexibility index (Phi) is 8.42. The molecule has 0 aliphatic carbocycles. The number of aliphatic imine (C=N–C) groups is 1. The third-order valence-corrected chi connectivity index (χ3v) is 8.33. The molecular formula is C30H38F2N4O5. The van der Waals surface area contributed by atoms with Crippen LogP contribution in [0.3, 0.4) is 0 Å². The van der Waals surface area contributed by atoms with Crippen molar-refractivity contribution in [1.82, 2.24) is 10.2 Å². The van der Waals surface area contributed by atoms with Gasteiger partial charge in [-0.2, -0.15) is 8.78 Å². The minimum absolute atomic E-state index is 0.00352. The van der Waals surface area contributed by atoms with E-state index in [-0.39, 0.29) is 36.9 Å². The van der Waals surface area contributed by atoms with Crippen LogP contribution >= 0.6 is 0 Å². The maximum atomic E-state index is 13.6. The minimum Gasteiger partial charge on any atom is -0.484 e. The summed E-state index contributed by atoms with van der Waals surface area (Å²) < 4.78 is 36.2. The normalized spacial score (nSPS) is 26.2. The lowest BCUT2D eigenvalue weighted by Gasteiger charge is -2.49. The van der Waals surface area contributed by atoms with Crippen molar-refractivity contribution in [2.75, 3.05) is 6.61 Å². The molecule has 222 valence electrons. The van der Waals surface area contributed by atoms with E-state index in [0.29, 0.717) is 23.3 Å². The van der Waals surface area contributed by atoms with Crippen LogP contribution in [-0.2, 0) is 9.53 Å². The Morgan fingerprint density at radius 3 is 2.59 bits per heavy atom. The van der Waals surface area contributed by atoms with Crippen molar-refractivity contribution in [3.63, 3.8) is 0 Å². The number of para-hydroxylation sites is 1. The Morgan fingerprint density at radius 2 is 1.93 bits per heavy atom. The van der Waals surface area contributed by atoms with Crippen LogP contribution in [0.4, 0.5) is 8.78 Å². The standard InChI is InChI=1S/C30H38F2N4O5/c1-6-29(4)17-23(37)36(27(33)35-29)21(14-15-40-26(31)32)18-10-9-11-19(16-18)25(38)34-24-20-12-7-8-13-22(20)41-28(2,3)30(24,5)39/h7-13,16,21,24,26,39H,6,14-15,17H2,1-5H3,(H2,33,35)(H,34,38)/t21?,24?,29-,30?/m1/s1. The van der Waals surface area contributed by atoms with E-state index in [9.17, 15) is 23.5 Å². The number of hydrogen-bond acceptors (Lipinski definition) is 7. The highest BCUT2D eigenvalue weighted by molar-refractivity contribution is 5.99. The van der Waals surface area contributed by atoms with Crippen molar-refractivity contribution in [2.24, 2.45) is 10.7 Å². The maximum Gasteiger partial charge on any atom is 0.345 e. The number of ether oxygens (including phenoxy) is 2. The summed E-state index contributed by atoms with van der Waals surface area (Å²) in [5.41, 5.74) is 4.49. The van der Waals surface area contributed by atoms with E-state index in [1.54, 1.807) is 63.2 Å². The third kappa shape index (κ3) is 6.06. The Morgan fingerprint density at radius 1 is 1.22 bits per heavy atom. The molecule has 4 rings (SSSR count). The number of amides is 2. The molecule has 2 amide bonds. The summed E-state index contributed by atoms with van der Waals surface area (Å²) in [4.78, 5) is 32.7. The summed E-state index contributed by atoms with van der Waals surface area (Å²) in [6, 6.07) is 12.1. The van der Waals surface area contributed by atoms with Crippen molar-refractivity contribution in [2.45, 2.75) is 89.3 Å². The van der Waals surface area contributed by atoms with Crippen LogP contribution < -0.4 is 15.8 Å². The molecule has 3 unspecified atom stereocenters. The van der Waals surface area contributed by atoms with E-state index in [1.807, 2.05) is 19.9 Å². The Bertz CT molecular complexity index is 1330. The second-order valence-corrected chi connectivity index (χ2v) is 11.5. The predicted molar refractivity (Wildman–Crippen MR) is 150 cm³/mol. The van der Waals surface area contributed by atoms with Crippen LogP contribution in [0, 0.1) is 0 Å². The van der Waals surface area contributed by atoms with Gasteiger partial charge in [0.1, 0.15) is 17.0 Å². The quantitative estimate of drug-likeness (QED) is 0.407. The molecule has 0 saturated carbocycles. The van der Waals surface area contributed by atoms with Crippen LogP contribution in [0.5, 0.6) is 5.75 Å². The molecule has 2 aromatic carbocycles. The number of nitrogens with two attached hydrogens (primary N) is 1. The van der Waals surface area contributed by atoms with E-state index in [0.717, 1.165) is 0 Å². The zero-order chi connectivity index (χ0) is 30.2. The van der Waals surface area contributed by atoms with E-state index >= 15 is 0 Å². The van der Waals surface area contributed by atoms with Gasteiger partial charge in [0.2, 0.25) is 5.91 Å². The smallest absolute Gasteiger partial charge is 0.345 e. The van der Waals surface area contributed by atoms with Gasteiger partial charge in [0.15, 0.2) is 5.96 Å². The Balaban J connectivity index is 1.67. The number of aliphatic hydroxyl groups is 1. The van der Waals surface area contributed by atoms with Crippen molar-refractivity contribution >= 4 is 17.8 Å². The van der Waals surface area contributed by atoms with Gasteiger partial charge in [-0.05, 0) is 64.3 Å². The molecule has 0 radical (unpaired) electrons. The highest BCUT2D eigenvalue weighted by atomic mass is 19.3. The molecule has 9 nitrogen and oxygen atoms in total. The van der Waals surface area contributed by atoms with Gasteiger partial charge in [0.25, 0.3) is 5.91 Å². The number of alkyl halides is 2. The fourth-order valence-electron chi connectivity index (χ4n) is 5.32. The summed E-state index contributed by atoms with van der Waals surface area (Å²) in [5.74, 6) is -0.229. The van der Waals surface area contributed by atoms with Crippen molar-refractivity contribution < 1.29 is 33.0 Å². The topological polar surface area (TPSA) is 126 Å². The number of fused-ring (bicyclic) bond motifs is 1. The first-order valence-electron chi connectivity index (χ1n) is 13.7. The van der Waals surface area contributed by atoms with Crippen LogP contribution in [0.25, 0.3) is 0 Å². The lowest BCUT2D eigenvalue weighted by Crippen LogP contribution is -2.62. The molecule has 0 fully saturated rings. The molecule has 0 bridgehead atoms. The number of benzene rings is 2. The summed E-state index contributed by atoms with van der Waals surface area (Å²) in [6.45, 7) is 5.53. The van der Waals surface area contributed by atoms with Gasteiger partial charge in [-0.3, -0.25) is 14.5 Å². The van der Waals surface area contributed by atoms with Crippen LogP contribution in [0.2, 0.25) is 0 Å². The monoisotopic (exact) mass is 572 g/mol. The lowest BCUT2D eigenvalue weighted by molar-refractivity contribution is -0.137. The first kappa shape index (κ1) is 30.4. The molecular weight excluding hydrogens is 534 g/mol. The molecule has 0 aromatic heterocycles. The SMILES string of the molecule is CC[C@]1(C)CC(=O)N(C(CCOC(F)F)c2cccc(C(=O)NC3c4ccccc4OC(C)(C)C3(C)O)c2)C(N)=N1. The number of guanidine groups is 1. The number of hydrogen-bond donors (Lipinski definition) is 3. The van der Waals surface area contributed by atoms with Gasteiger partial charge >= 0.3 is 6.61 Å². The molecule has 2 aliphatic heterocycles. The molecule has 2 aromatic rings. The molecule has 41 heavy (non-hydrogen) atoms. The molecule has 4 atom stereocenters. The molecule has 11 heteroatoms. The number of carbonyl (C=O) groups is 2. The minimum atomic E-state index is -2.97. The predicted octanol–water partition coefficient (Wildman–Crippen LogP) is 4.47. The van der Waals surface area contributed by atoms with E-state index in [4.69, 9.17) is 10.5 Å². The molecule has 4 N–H and O–H groups in total. The third-order valence-electron chi connectivity index (χ3n) is 8.33. The summed E-state index contributed by atoms with van der Waals surface area (Å²) in [6.07, 6.45) is 0.694. The fraction of sp³-hybridized carbons (Fsp3) is 0.500. The van der Waals surface area contributed by atoms with Crippen LogP contribution in [-0.4, -0.2) is 57.7 Å². The summed E-state index contributed by atoms with van der Waals surface area (Å²) >= 11 is 0. The number of carbonyl (C=O) groups excluding carboxylic acids is 2. The molecule has 0 spiro atoms. The van der Waals surface area contributed by atoms with Gasteiger partial charge in [-0.1, -0.05) is 37.3 Å². The number of rotatable bonds is 9. The number of halogens is 2. The molecule has 2 aliphatic rings. The summed E-state index contributed by atoms with van der Waals surface area (Å²) in [5, 5.41) is 14.4. The number of nitrogens with one attached hydrogen (secondary N) is 1. The van der Waals surface area contributed by atoms with E-state index < -0.39 is 41.3 Å². The van der Waals surface area contributed by atoms with Crippen LogP contribution in [0.1, 0.15) is 87.4 Å². The van der Waals surface area contributed by atoms with Gasteiger partial charge in [-0.25, -0.2) is 4.99 Å². The first-order valence-corrected chi connectivity index (χ1v) is 13.7. The fourth-order valence-corrected chi connectivity index (χ4v) is 5.32. The van der Waals surface area contributed by atoms with Crippen molar-refractivity contribution in [3.05, 3.63) is 65.2 Å². The van der Waals surface area contributed by atoms with Gasteiger partial charge in [0, 0.05) is 11.1 Å². The van der Waals surface area contributed by atoms with Gasteiger partial charge in [0.05, 0.1) is 30.7 Å². The highest BCUT2D eigenvalue weighted by Gasteiger charge is 2.53. The average molecular weight is 573 g/mol. The zero-order valence-corrected chi connectivity index (χ0v) is 24.0. The van der Waals surface area contributed by atoms with Crippen molar-refractivity contribution in [3.8, 4) is 5.75 Å². The molecule has 2 heterocycles. The van der Waals surface area contributed by atoms with E-state index in [1.165, 1.54) is 4.90 Å². The van der Waals surface area contributed by atoms with Gasteiger partial charge < -0.3 is 25.6 Å². The Labute approximate surface area is 238 Å². The van der Waals surface area contributed by atoms with E-state index in [2.05, 4.69) is 15.0 Å². The second kappa shape index (κ2) is 11.4. The number of nitrogens with zero attached hydrogens (tertiary/aromatic N) is 2. The second-order valence-electron chi connectivity index (χ2n) is 11.5. The van der Waals surface area contributed by atoms with Gasteiger partial charge in [-0.15, -0.1) is 0 Å². The largest absolute Gasteiger partial charge is 0.484 e. The average Bonchev–Trinajstić information content (AvgIpc) is 2.89.